The highest BCUT2D eigenvalue weighted by molar-refractivity contribution is 7.89. The first kappa shape index (κ1) is 12.6. The van der Waals surface area contributed by atoms with Crippen molar-refractivity contribution in [3.05, 3.63) is 29.3 Å². The monoisotopic (exact) mass is 274 g/mol. The van der Waals surface area contributed by atoms with Crippen LogP contribution < -0.4 is 5.14 Å². The molecule has 0 radical (unpaired) electrons. The zero-order valence-corrected chi connectivity index (χ0v) is 9.92. The zero-order valence-electron chi connectivity index (χ0n) is 9.11. The van der Waals surface area contributed by atoms with Gasteiger partial charge in [0.25, 0.3) is 15.2 Å². The highest BCUT2D eigenvalue weighted by Gasteiger charge is 2.18. The van der Waals surface area contributed by atoms with Gasteiger partial charge in [0.2, 0.25) is 0 Å². The van der Waals surface area contributed by atoms with Gasteiger partial charge in [-0.3, -0.25) is 0 Å². The Kier molecular flexibility index (Phi) is 2.87. The third kappa shape index (κ3) is 2.22. The van der Waals surface area contributed by atoms with Crippen LogP contribution in [0.2, 0.25) is 0 Å². The second-order valence-electron chi connectivity index (χ2n) is 3.59. The number of nitrogens with one attached hydrogen (secondary N) is 1. The van der Waals surface area contributed by atoms with E-state index in [1.165, 1.54) is 13.0 Å². The number of nitrogens with two attached hydrogens (primary N) is 1. The van der Waals surface area contributed by atoms with Crippen molar-refractivity contribution in [2.45, 2.75) is 12.1 Å². The predicted octanol–water partition coefficient (Wildman–Crippen LogP) is 0.706. The minimum absolute atomic E-state index is 0.111. The third-order valence-electron chi connectivity index (χ3n) is 2.22. The number of halogens is 2. The summed E-state index contributed by atoms with van der Waals surface area (Å²) in [6.45, 7) is 1.44. The molecule has 1 aromatic carbocycles. The van der Waals surface area contributed by atoms with Crippen LogP contribution in [0.4, 0.5) is 8.78 Å². The summed E-state index contributed by atoms with van der Waals surface area (Å²) in [5.74, 6) is -1.81. The Morgan fingerprint density at radius 1 is 1.28 bits per heavy atom. The SMILES string of the molecule is Cc1cc(-c2n[nH]c(S(N)(=O)=O)n2)c(F)cc1F. The first-order valence-electron chi connectivity index (χ1n) is 4.70. The Bertz CT molecular complexity index is 711. The number of aromatic nitrogens is 3. The number of primary sulfonamides is 1. The second kappa shape index (κ2) is 4.10. The van der Waals surface area contributed by atoms with E-state index in [4.69, 9.17) is 5.14 Å². The zero-order chi connectivity index (χ0) is 13.5. The van der Waals surface area contributed by atoms with Crippen molar-refractivity contribution in [3.8, 4) is 11.4 Å². The quantitative estimate of drug-likeness (QED) is 0.841. The Morgan fingerprint density at radius 2 is 1.94 bits per heavy atom. The van der Waals surface area contributed by atoms with Crippen LogP contribution in [0.5, 0.6) is 0 Å². The molecule has 0 fully saturated rings. The summed E-state index contributed by atoms with van der Waals surface area (Å²) >= 11 is 0. The summed E-state index contributed by atoms with van der Waals surface area (Å²) in [6, 6.07) is 1.86. The smallest absolute Gasteiger partial charge is 0.248 e. The maximum atomic E-state index is 13.5. The predicted molar refractivity (Wildman–Crippen MR) is 57.8 cm³/mol. The van der Waals surface area contributed by atoms with Crippen molar-refractivity contribution in [3.63, 3.8) is 0 Å². The van der Waals surface area contributed by atoms with Crippen molar-refractivity contribution in [2.75, 3.05) is 0 Å². The van der Waals surface area contributed by atoms with Crippen molar-refractivity contribution in [2.24, 2.45) is 5.14 Å². The molecule has 0 unspecified atom stereocenters. The van der Waals surface area contributed by atoms with Gasteiger partial charge in [0.05, 0.1) is 5.56 Å². The molecule has 0 saturated carbocycles. The van der Waals surface area contributed by atoms with Gasteiger partial charge in [-0.05, 0) is 18.6 Å². The van der Waals surface area contributed by atoms with Crippen LogP contribution in [0.1, 0.15) is 5.56 Å². The molecule has 0 aliphatic carbocycles. The number of H-pyrrole nitrogens is 1. The molecule has 1 heterocycles. The van der Waals surface area contributed by atoms with E-state index in [0.717, 1.165) is 0 Å². The number of benzene rings is 1. The number of sulfonamides is 1. The molecule has 96 valence electrons. The number of hydrogen-bond donors (Lipinski definition) is 2. The first-order valence-corrected chi connectivity index (χ1v) is 6.25. The third-order valence-corrected chi connectivity index (χ3v) is 2.95. The van der Waals surface area contributed by atoms with Gasteiger partial charge < -0.3 is 0 Å². The largest absolute Gasteiger partial charge is 0.273 e. The summed E-state index contributed by atoms with van der Waals surface area (Å²) in [5, 5.41) is 9.84. The van der Waals surface area contributed by atoms with Gasteiger partial charge in [-0.1, -0.05) is 0 Å². The summed E-state index contributed by atoms with van der Waals surface area (Å²) in [7, 11) is -4.05. The molecule has 0 aliphatic rings. The van der Waals surface area contributed by atoms with E-state index >= 15 is 0 Å². The Balaban J connectivity index is 2.56. The van der Waals surface area contributed by atoms with Crippen LogP contribution in [-0.2, 0) is 10.0 Å². The first-order chi connectivity index (χ1) is 8.29. The number of nitrogens with zero attached hydrogens (tertiary/aromatic N) is 2. The van der Waals surface area contributed by atoms with E-state index in [0.29, 0.717) is 6.07 Å². The molecule has 3 N–H and O–H groups in total. The van der Waals surface area contributed by atoms with E-state index in [9.17, 15) is 17.2 Å². The van der Waals surface area contributed by atoms with E-state index in [-0.39, 0.29) is 17.0 Å². The highest BCUT2D eigenvalue weighted by Crippen LogP contribution is 2.22. The average Bonchev–Trinajstić information content (AvgIpc) is 2.72. The van der Waals surface area contributed by atoms with Crippen molar-refractivity contribution in [1.29, 1.82) is 0 Å². The van der Waals surface area contributed by atoms with E-state index in [2.05, 4.69) is 15.2 Å². The van der Waals surface area contributed by atoms with Crippen molar-refractivity contribution in [1.82, 2.24) is 15.2 Å². The Morgan fingerprint density at radius 3 is 2.50 bits per heavy atom. The molecule has 6 nitrogen and oxygen atoms in total. The molecule has 0 spiro atoms. The molecule has 0 atom stereocenters. The molecule has 0 bridgehead atoms. The summed E-state index contributed by atoms with van der Waals surface area (Å²) < 4.78 is 48.5. The standard InChI is InChI=1S/C9H8F2N4O2S/c1-4-2-5(7(11)3-6(4)10)8-13-9(15-14-8)18(12,16)17/h2-3H,1H3,(H2,12,16,17)(H,13,14,15). The van der Waals surface area contributed by atoms with Gasteiger partial charge in [0.15, 0.2) is 5.82 Å². The fraction of sp³-hybridized carbons (Fsp3) is 0.111. The van der Waals surface area contributed by atoms with Crippen LogP contribution in [0, 0.1) is 18.6 Å². The number of hydrogen-bond acceptors (Lipinski definition) is 4. The molecule has 2 aromatic rings. The molecule has 2 rings (SSSR count). The fourth-order valence-electron chi connectivity index (χ4n) is 1.32. The molecular formula is C9H8F2N4O2S. The topological polar surface area (TPSA) is 102 Å². The molecule has 0 amide bonds. The van der Waals surface area contributed by atoms with Crippen LogP contribution in [-0.4, -0.2) is 23.6 Å². The highest BCUT2D eigenvalue weighted by atomic mass is 32.2. The fourth-order valence-corrected chi connectivity index (χ4v) is 1.71. The lowest BCUT2D eigenvalue weighted by Crippen LogP contribution is -2.13. The Labute approximate surface area is 101 Å². The van der Waals surface area contributed by atoms with Crippen LogP contribution >= 0.6 is 0 Å². The van der Waals surface area contributed by atoms with Gasteiger partial charge in [0.1, 0.15) is 11.6 Å². The molecule has 18 heavy (non-hydrogen) atoms. The lowest BCUT2D eigenvalue weighted by Gasteiger charge is -2.01. The summed E-state index contributed by atoms with van der Waals surface area (Å²) in [6.07, 6.45) is 0. The number of aryl methyl sites for hydroxylation is 1. The molecular weight excluding hydrogens is 266 g/mol. The molecule has 1 aromatic heterocycles. The van der Waals surface area contributed by atoms with Gasteiger partial charge in [-0.25, -0.2) is 27.4 Å². The van der Waals surface area contributed by atoms with Crippen molar-refractivity contribution < 1.29 is 17.2 Å². The van der Waals surface area contributed by atoms with Crippen LogP contribution in [0.15, 0.2) is 17.3 Å². The minimum atomic E-state index is -4.05. The number of rotatable bonds is 2. The van der Waals surface area contributed by atoms with Gasteiger partial charge in [0, 0.05) is 6.07 Å². The van der Waals surface area contributed by atoms with E-state index in [1.807, 2.05) is 0 Å². The summed E-state index contributed by atoms with van der Waals surface area (Å²) in [5.41, 5.74) is 0.0772. The van der Waals surface area contributed by atoms with Crippen LogP contribution in [0.25, 0.3) is 11.4 Å². The van der Waals surface area contributed by atoms with Gasteiger partial charge in [-0.15, -0.1) is 0 Å². The van der Waals surface area contributed by atoms with Crippen LogP contribution in [0.3, 0.4) is 0 Å². The molecule has 9 heteroatoms. The van der Waals surface area contributed by atoms with Crippen molar-refractivity contribution >= 4 is 10.0 Å². The lowest BCUT2D eigenvalue weighted by atomic mass is 10.1. The van der Waals surface area contributed by atoms with E-state index < -0.39 is 26.8 Å². The second-order valence-corrected chi connectivity index (χ2v) is 5.07. The van der Waals surface area contributed by atoms with E-state index in [1.54, 1.807) is 0 Å². The normalized spacial score (nSPS) is 11.8. The average molecular weight is 274 g/mol. The maximum absolute atomic E-state index is 13.5. The molecule has 0 saturated heterocycles. The van der Waals surface area contributed by atoms with Gasteiger partial charge >= 0.3 is 0 Å². The minimum Gasteiger partial charge on any atom is -0.248 e. The van der Waals surface area contributed by atoms with Gasteiger partial charge in [-0.2, -0.15) is 10.1 Å². The molecule has 0 aliphatic heterocycles. The Hall–Kier alpha value is -1.87. The maximum Gasteiger partial charge on any atom is 0.273 e. The number of aromatic amines is 1. The lowest BCUT2D eigenvalue weighted by molar-refractivity contribution is 0.578. The summed E-state index contributed by atoms with van der Waals surface area (Å²) in [4.78, 5) is 3.54.